The second-order valence-electron chi connectivity index (χ2n) is 3.49. The Bertz CT molecular complexity index is 226. The first-order chi connectivity index (χ1) is 6.37. The van der Waals surface area contributed by atoms with Crippen molar-refractivity contribution in [2.45, 2.75) is 35.8 Å². The Morgan fingerprint density at radius 3 is 3.15 bits per heavy atom. The summed E-state index contributed by atoms with van der Waals surface area (Å²) >= 11 is 3.88. The molecule has 0 spiro atoms. The highest BCUT2D eigenvalue weighted by atomic mass is 32.2. The summed E-state index contributed by atoms with van der Waals surface area (Å²) < 4.78 is 0. The fraction of sp³-hybridized carbons (Fsp3) is 1.00. The number of rotatable bonds is 1. The minimum Gasteiger partial charge on any atom is -0.156 e. The van der Waals surface area contributed by atoms with Crippen LogP contribution in [-0.4, -0.2) is 21.6 Å². The van der Waals surface area contributed by atoms with Crippen molar-refractivity contribution in [2.24, 2.45) is 5.11 Å². The molecule has 1 aliphatic carbocycles. The molecule has 0 radical (unpaired) electrons. The molecule has 0 aromatic rings. The normalized spacial score (nSPS) is 38.9. The second-order valence-corrected chi connectivity index (χ2v) is 6.20. The van der Waals surface area contributed by atoms with Crippen LogP contribution >= 0.6 is 23.5 Å². The van der Waals surface area contributed by atoms with Gasteiger partial charge in [-0.3, -0.25) is 0 Å². The van der Waals surface area contributed by atoms with Crippen molar-refractivity contribution < 1.29 is 0 Å². The fourth-order valence-electron chi connectivity index (χ4n) is 2.10. The zero-order valence-corrected chi connectivity index (χ0v) is 9.11. The van der Waals surface area contributed by atoms with Crippen LogP contribution in [0.25, 0.3) is 10.4 Å². The molecule has 2 aliphatic rings. The molecule has 0 bridgehead atoms. The highest BCUT2D eigenvalue weighted by Crippen LogP contribution is 2.50. The van der Waals surface area contributed by atoms with E-state index in [1.54, 1.807) is 0 Å². The minimum absolute atomic E-state index is 0.0874. The van der Waals surface area contributed by atoms with Crippen LogP contribution in [0, 0.1) is 0 Å². The van der Waals surface area contributed by atoms with Gasteiger partial charge in [-0.15, -0.1) is 11.8 Å². The molecule has 1 aliphatic heterocycles. The Hall–Kier alpha value is 0.0100. The monoisotopic (exact) mass is 215 g/mol. The zero-order valence-electron chi connectivity index (χ0n) is 7.48. The van der Waals surface area contributed by atoms with Crippen LogP contribution in [0.15, 0.2) is 5.11 Å². The fourth-order valence-corrected chi connectivity index (χ4v) is 5.31. The van der Waals surface area contributed by atoms with E-state index in [2.05, 4.69) is 10.0 Å². The van der Waals surface area contributed by atoms with Gasteiger partial charge in [-0.1, -0.05) is 18.0 Å². The first-order valence-corrected chi connectivity index (χ1v) is 6.73. The number of fused-ring (bicyclic) bond motifs is 1. The summed E-state index contributed by atoms with van der Waals surface area (Å²) in [6.45, 7) is 0. The molecule has 3 nitrogen and oxygen atoms in total. The maximum absolute atomic E-state index is 8.59. The Labute approximate surface area is 86.7 Å². The number of hydrogen-bond acceptors (Lipinski definition) is 3. The lowest BCUT2D eigenvalue weighted by molar-refractivity contribution is 0.416. The quantitative estimate of drug-likeness (QED) is 0.382. The van der Waals surface area contributed by atoms with Gasteiger partial charge < -0.3 is 0 Å². The van der Waals surface area contributed by atoms with Gasteiger partial charge in [-0.2, -0.15) is 11.8 Å². The molecule has 0 N–H and O–H groups in total. The summed E-state index contributed by atoms with van der Waals surface area (Å²) in [7, 11) is 0. The van der Waals surface area contributed by atoms with Gasteiger partial charge in [0, 0.05) is 21.7 Å². The first kappa shape index (κ1) is 9.56. The average Bonchev–Trinajstić information content (AvgIpc) is 2.18. The topological polar surface area (TPSA) is 48.8 Å². The molecule has 13 heavy (non-hydrogen) atoms. The predicted octanol–water partition coefficient (Wildman–Crippen LogP) is 3.42. The Kier molecular flexibility index (Phi) is 2.96. The van der Waals surface area contributed by atoms with E-state index in [4.69, 9.17) is 5.53 Å². The minimum atomic E-state index is -0.0874. The van der Waals surface area contributed by atoms with E-state index in [9.17, 15) is 0 Å². The van der Waals surface area contributed by atoms with Crippen LogP contribution < -0.4 is 0 Å². The van der Waals surface area contributed by atoms with Gasteiger partial charge in [0.2, 0.25) is 0 Å². The van der Waals surface area contributed by atoms with Crippen molar-refractivity contribution in [3.8, 4) is 0 Å². The van der Waals surface area contributed by atoms with Gasteiger partial charge in [0.05, 0.1) is 0 Å². The number of azide groups is 1. The number of nitrogens with zero attached hydrogens (tertiary/aromatic N) is 3. The molecule has 0 amide bonds. The predicted molar refractivity (Wildman–Crippen MR) is 59.0 cm³/mol. The van der Waals surface area contributed by atoms with Gasteiger partial charge in [0.1, 0.15) is 4.87 Å². The van der Waals surface area contributed by atoms with Crippen molar-refractivity contribution in [2.75, 3.05) is 11.5 Å². The van der Waals surface area contributed by atoms with E-state index in [0.29, 0.717) is 5.25 Å². The maximum atomic E-state index is 8.59. The molecule has 0 aromatic carbocycles. The molecule has 1 saturated carbocycles. The Morgan fingerprint density at radius 2 is 2.31 bits per heavy atom. The zero-order chi connectivity index (χ0) is 9.15. The molecular formula is C8H13N3S2. The second kappa shape index (κ2) is 4.03. The molecule has 72 valence electrons. The first-order valence-electron chi connectivity index (χ1n) is 4.69. The van der Waals surface area contributed by atoms with E-state index in [0.717, 1.165) is 12.2 Å². The third-order valence-corrected chi connectivity index (χ3v) is 6.08. The average molecular weight is 215 g/mol. The van der Waals surface area contributed by atoms with E-state index < -0.39 is 0 Å². The van der Waals surface area contributed by atoms with Crippen molar-refractivity contribution in [3.63, 3.8) is 0 Å². The molecule has 0 aromatic heterocycles. The van der Waals surface area contributed by atoms with E-state index in [-0.39, 0.29) is 4.87 Å². The lowest BCUT2D eigenvalue weighted by atomic mass is 9.95. The van der Waals surface area contributed by atoms with Gasteiger partial charge in [0.15, 0.2) is 0 Å². The SMILES string of the molecule is [N-]=[N+]=N[C@@]12CCCC[C@@H]1SCCS2. The molecular weight excluding hydrogens is 202 g/mol. The molecule has 2 fully saturated rings. The van der Waals surface area contributed by atoms with Crippen LogP contribution in [0.1, 0.15) is 25.7 Å². The summed E-state index contributed by atoms with van der Waals surface area (Å²) in [5, 5.41) is 4.64. The summed E-state index contributed by atoms with van der Waals surface area (Å²) in [5.41, 5.74) is 8.59. The summed E-state index contributed by atoms with van der Waals surface area (Å²) in [4.78, 5) is 2.94. The van der Waals surface area contributed by atoms with Crippen LogP contribution in [0.5, 0.6) is 0 Å². The standard InChI is InChI=1S/C8H13N3S2/c9-11-10-8-4-2-1-3-7(8)12-5-6-13-8/h7H,1-6H2/t7-,8+/m0/s1. The smallest absolute Gasteiger partial charge is 0.106 e. The van der Waals surface area contributed by atoms with Gasteiger partial charge in [0.25, 0.3) is 0 Å². The van der Waals surface area contributed by atoms with Crippen molar-refractivity contribution >= 4 is 23.5 Å². The van der Waals surface area contributed by atoms with E-state index >= 15 is 0 Å². The van der Waals surface area contributed by atoms with Crippen LogP contribution in [0.4, 0.5) is 0 Å². The number of hydrogen-bond donors (Lipinski definition) is 0. The van der Waals surface area contributed by atoms with Crippen LogP contribution in [0.2, 0.25) is 0 Å². The largest absolute Gasteiger partial charge is 0.156 e. The van der Waals surface area contributed by atoms with E-state index in [1.807, 2.05) is 23.5 Å². The van der Waals surface area contributed by atoms with Crippen molar-refractivity contribution in [1.82, 2.24) is 0 Å². The molecule has 5 heteroatoms. The van der Waals surface area contributed by atoms with Crippen molar-refractivity contribution in [1.29, 1.82) is 0 Å². The third kappa shape index (κ3) is 1.78. The highest BCUT2D eigenvalue weighted by Gasteiger charge is 2.42. The maximum Gasteiger partial charge on any atom is 0.106 e. The molecule has 1 heterocycles. The summed E-state index contributed by atoms with van der Waals surface area (Å²) in [6.07, 6.45) is 4.85. The Balaban J connectivity index is 2.20. The number of thioether (sulfide) groups is 2. The highest BCUT2D eigenvalue weighted by molar-refractivity contribution is 8.07. The molecule has 2 atom stereocenters. The third-order valence-electron chi connectivity index (χ3n) is 2.72. The van der Waals surface area contributed by atoms with Gasteiger partial charge >= 0.3 is 0 Å². The lowest BCUT2D eigenvalue weighted by Crippen LogP contribution is -2.41. The van der Waals surface area contributed by atoms with E-state index in [1.165, 1.54) is 25.0 Å². The lowest BCUT2D eigenvalue weighted by Gasteiger charge is -2.42. The molecule has 2 rings (SSSR count). The van der Waals surface area contributed by atoms with Gasteiger partial charge in [-0.05, 0) is 18.4 Å². The van der Waals surface area contributed by atoms with Crippen molar-refractivity contribution in [3.05, 3.63) is 10.4 Å². The molecule has 0 unspecified atom stereocenters. The summed E-state index contributed by atoms with van der Waals surface area (Å²) in [5.74, 6) is 2.36. The summed E-state index contributed by atoms with van der Waals surface area (Å²) in [6, 6.07) is 0. The molecule has 1 saturated heterocycles. The van der Waals surface area contributed by atoms with Gasteiger partial charge in [-0.25, -0.2) is 0 Å². The Morgan fingerprint density at radius 1 is 1.38 bits per heavy atom. The van der Waals surface area contributed by atoms with Crippen LogP contribution in [0.3, 0.4) is 0 Å². The van der Waals surface area contributed by atoms with Crippen LogP contribution in [-0.2, 0) is 0 Å².